The van der Waals surface area contributed by atoms with E-state index in [1.54, 1.807) is 25.7 Å². The van der Waals surface area contributed by atoms with Crippen molar-refractivity contribution < 1.29 is 22.5 Å². The largest absolute Gasteiger partial charge is 0.492 e. The third-order valence-electron chi connectivity index (χ3n) is 3.42. The normalized spacial score (nSPS) is 28.0. The first-order valence-electron chi connectivity index (χ1n) is 6.50. The van der Waals surface area contributed by atoms with Gasteiger partial charge in [0.1, 0.15) is 5.60 Å². The number of carbonyl (C=O) groups excluding carboxylic acids is 1. The predicted molar refractivity (Wildman–Crippen MR) is 65.8 cm³/mol. The summed E-state index contributed by atoms with van der Waals surface area (Å²) in [5.41, 5.74) is -0.576. The summed E-state index contributed by atoms with van der Waals surface area (Å²) in [6.07, 6.45) is -0.633. The van der Waals surface area contributed by atoms with Crippen molar-refractivity contribution in [1.29, 1.82) is 0 Å². The Morgan fingerprint density at radius 2 is 1.89 bits per heavy atom. The minimum atomic E-state index is -4.80. The number of amides is 1. The van der Waals surface area contributed by atoms with Crippen LogP contribution >= 0.6 is 0 Å². The molecule has 0 spiro atoms. The van der Waals surface area contributed by atoms with Crippen molar-refractivity contribution in [3.8, 4) is 0 Å². The third-order valence-corrected chi connectivity index (χ3v) is 3.42. The van der Waals surface area contributed by atoms with Crippen molar-refractivity contribution >= 4 is 13.1 Å². The van der Waals surface area contributed by atoms with Crippen molar-refractivity contribution in [2.24, 2.45) is 0 Å². The van der Waals surface area contributed by atoms with Crippen LogP contribution in [0.1, 0.15) is 27.2 Å². The molecule has 4 nitrogen and oxygen atoms in total. The molecule has 0 N–H and O–H groups in total. The van der Waals surface area contributed by atoms with Gasteiger partial charge < -0.3 is 27.5 Å². The van der Waals surface area contributed by atoms with Gasteiger partial charge in [0.05, 0.1) is 0 Å². The molecule has 0 unspecified atom stereocenters. The Balaban J connectivity index is 1.91. The van der Waals surface area contributed by atoms with Gasteiger partial charge in [-0.15, -0.1) is 0 Å². The monoisotopic (exact) mass is 279 g/mol. The van der Waals surface area contributed by atoms with Gasteiger partial charge in [0.25, 0.3) is 0 Å². The molecule has 19 heavy (non-hydrogen) atoms. The van der Waals surface area contributed by atoms with Crippen LogP contribution < -0.4 is 0 Å². The number of fused-ring (bicyclic) bond motifs is 2. The van der Waals surface area contributed by atoms with Crippen LogP contribution in [-0.4, -0.2) is 60.1 Å². The van der Waals surface area contributed by atoms with E-state index in [9.17, 15) is 17.7 Å². The maximum atomic E-state index is 12.4. The highest BCUT2D eigenvalue weighted by Gasteiger charge is 2.47. The number of piperazine rings is 1. The van der Waals surface area contributed by atoms with Gasteiger partial charge in [-0.3, -0.25) is 0 Å². The van der Waals surface area contributed by atoms with Crippen molar-refractivity contribution in [3.63, 3.8) is 0 Å². The number of likely N-dealkylation sites (tertiary alicyclic amines) is 2. The lowest BCUT2D eigenvalue weighted by molar-refractivity contribution is 0.0137. The minimum Gasteiger partial charge on any atom is -0.448 e. The number of hydrogen-bond acceptors (Lipinski definition) is 3. The molecule has 2 saturated heterocycles. The van der Waals surface area contributed by atoms with E-state index in [-0.39, 0.29) is 12.1 Å². The lowest BCUT2D eigenvalue weighted by atomic mass is 9.90. The van der Waals surface area contributed by atoms with Crippen molar-refractivity contribution in [3.05, 3.63) is 0 Å². The van der Waals surface area contributed by atoms with E-state index in [0.29, 0.717) is 19.5 Å². The van der Waals surface area contributed by atoms with E-state index in [1.165, 1.54) is 4.90 Å². The van der Waals surface area contributed by atoms with Gasteiger partial charge in [-0.05, 0) is 33.6 Å². The summed E-state index contributed by atoms with van der Waals surface area (Å²) < 4.78 is 42.5. The average molecular weight is 279 g/mol. The fraction of sp³-hybridized carbons (Fsp3) is 0.909. The van der Waals surface area contributed by atoms with Gasteiger partial charge in [-0.2, -0.15) is 0 Å². The number of carbonyl (C=O) groups is 1. The Bertz CT molecular complexity index is 370. The molecule has 2 rings (SSSR count). The molecule has 0 aliphatic carbocycles. The highest BCUT2D eigenvalue weighted by Crippen LogP contribution is 2.33. The summed E-state index contributed by atoms with van der Waals surface area (Å²) in [4.78, 5) is 14.9. The van der Waals surface area contributed by atoms with Crippen LogP contribution in [0.25, 0.3) is 0 Å². The van der Waals surface area contributed by atoms with Crippen molar-refractivity contribution in [2.75, 3.05) is 19.5 Å². The van der Waals surface area contributed by atoms with Gasteiger partial charge in [0.15, 0.2) is 0 Å². The number of ether oxygens (including phenoxy) is 1. The minimum absolute atomic E-state index is 0.141. The highest BCUT2D eigenvalue weighted by molar-refractivity contribution is 6.58. The maximum Gasteiger partial charge on any atom is 0.492 e. The topological polar surface area (TPSA) is 32.8 Å². The van der Waals surface area contributed by atoms with Gasteiger partial charge >= 0.3 is 13.1 Å². The molecule has 2 bridgehead atoms. The molecule has 1 amide bonds. The second-order valence-electron chi connectivity index (χ2n) is 6.34. The van der Waals surface area contributed by atoms with Gasteiger partial charge in [-0.25, -0.2) is 4.79 Å². The van der Waals surface area contributed by atoms with Gasteiger partial charge in [-0.1, -0.05) is 0 Å². The second kappa shape index (κ2) is 4.57. The van der Waals surface area contributed by atoms with E-state index >= 15 is 0 Å². The number of hydrogen-bond donors (Lipinski definition) is 0. The van der Waals surface area contributed by atoms with Gasteiger partial charge in [0, 0.05) is 25.2 Å². The predicted octanol–water partition coefficient (Wildman–Crippen LogP) is 2.07. The smallest absolute Gasteiger partial charge is 0.448 e. The van der Waals surface area contributed by atoms with Crippen LogP contribution in [0.5, 0.6) is 0 Å². The summed E-state index contributed by atoms with van der Waals surface area (Å²) in [6, 6.07) is -0.320. The fourth-order valence-corrected chi connectivity index (χ4v) is 2.78. The molecular weight excluding hydrogens is 260 g/mol. The van der Waals surface area contributed by atoms with E-state index in [4.69, 9.17) is 4.74 Å². The molecule has 110 valence electrons. The van der Waals surface area contributed by atoms with Crippen LogP contribution in [0.3, 0.4) is 0 Å². The second-order valence-corrected chi connectivity index (χ2v) is 6.34. The van der Waals surface area contributed by atoms with E-state index in [1.807, 2.05) is 0 Å². The Morgan fingerprint density at radius 1 is 1.26 bits per heavy atom. The standard InChI is InChI=1S/C11H19BF3N2O2/c1-11(2,3)19-10(18)17-6-8-4-9(17)5-16(8)7-12(13,14)15/h8-9H,4-7H2,1-3H3/q-1/t8-,9-/m0/s1. The zero-order valence-corrected chi connectivity index (χ0v) is 11.4. The molecule has 2 fully saturated rings. The quantitative estimate of drug-likeness (QED) is 0.725. The lowest BCUT2D eigenvalue weighted by Crippen LogP contribution is -2.52. The van der Waals surface area contributed by atoms with Crippen LogP contribution in [0, 0.1) is 0 Å². The van der Waals surface area contributed by atoms with E-state index in [2.05, 4.69) is 0 Å². The van der Waals surface area contributed by atoms with Crippen LogP contribution in [0.4, 0.5) is 17.7 Å². The zero-order chi connectivity index (χ0) is 14.4. The molecule has 0 saturated carbocycles. The van der Waals surface area contributed by atoms with Crippen LogP contribution in [0.15, 0.2) is 0 Å². The van der Waals surface area contributed by atoms with Crippen molar-refractivity contribution in [1.82, 2.24) is 9.80 Å². The van der Waals surface area contributed by atoms with Crippen LogP contribution in [0.2, 0.25) is 0 Å². The number of rotatable bonds is 2. The molecule has 0 aromatic carbocycles. The number of nitrogens with zero attached hydrogens (tertiary/aromatic N) is 2. The first kappa shape index (κ1) is 14.5. The van der Waals surface area contributed by atoms with Crippen LogP contribution in [-0.2, 0) is 4.74 Å². The molecule has 0 aromatic rings. The first-order valence-corrected chi connectivity index (χ1v) is 6.50. The summed E-state index contributed by atoms with van der Waals surface area (Å²) in [6.45, 7) is 1.16. The molecular formula is C11H19BF3N2O2-. The molecule has 2 atom stereocenters. The Morgan fingerprint density at radius 3 is 2.32 bits per heavy atom. The molecule has 0 aromatic heterocycles. The Hall–Kier alpha value is -0.915. The zero-order valence-electron chi connectivity index (χ0n) is 11.4. The first-order chi connectivity index (χ1) is 8.55. The third kappa shape index (κ3) is 3.55. The highest BCUT2D eigenvalue weighted by atomic mass is 19.4. The van der Waals surface area contributed by atoms with E-state index < -0.39 is 25.1 Å². The Labute approximate surface area is 110 Å². The summed E-state index contributed by atoms with van der Waals surface area (Å²) in [5, 5.41) is 0. The summed E-state index contributed by atoms with van der Waals surface area (Å²) in [5.74, 6) is 0. The average Bonchev–Trinajstić information content (AvgIpc) is 2.70. The molecule has 8 heteroatoms. The summed E-state index contributed by atoms with van der Waals surface area (Å²) in [7, 11) is 0. The molecule has 2 heterocycles. The fourth-order valence-electron chi connectivity index (χ4n) is 2.78. The molecule has 0 radical (unpaired) electrons. The van der Waals surface area contributed by atoms with Gasteiger partial charge in [0.2, 0.25) is 0 Å². The molecule has 2 aliphatic heterocycles. The summed E-state index contributed by atoms with van der Waals surface area (Å²) >= 11 is 0. The number of halogens is 3. The lowest BCUT2D eigenvalue weighted by Gasteiger charge is -2.37. The molecule has 2 aliphatic rings. The van der Waals surface area contributed by atoms with Crippen molar-refractivity contribution in [2.45, 2.75) is 44.9 Å². The maximum absolute atomic E-state index is 12.4. The Kier molecular flexibility index (Phi) is 3.49. The SMILES string of the molecule is CC(C)(C)OC(=O)N1C[C@@H]2C[C@H]1CN2C[B-](F)(F)F. The van der Waals surface area contributed by atoms with E-state index in [0.717, 1.165) is 0 Å².